The number of hydrogen-bond donors (Lipinski definition) is 2. The summed E-state index contributed by atoms with van der Waals surface area (Å²) in [4.78, 5) is 0. The first kappa shape index (κ1) is 23.7. The third kappa shape index (κ3) is 4.36. The van der Waals surface area contributed by atoms with Crippen LogP contribution in [0.25, 0.3) is 17.2 Å². The normalized spacial score (nSPS) is 18.5. The molecule has 2 nitrogen and oxygen atoms in total. The van der Waals surface area contributed by atoms with Crippen LogP contribution in [-0.2, 0) is 0 Å². The molecule has 1 aliphatic rings. The molecule has 4 rings (SSSR count). The maximum Gasteiger partial charge on any atom is 0.200 e. The van der Waals surface area contributed by atoms with Crippen LogP contribution in [0.3, 0.4) is 0 Å². The number of aromatic hydroxyl groups is 2. The molecule has 0 heterocycles. The molecule has 178 valence electrons. The number of halogens is 6. The van der Waals surface area contributed by atoms with Gasteiger partial charge in [-0.1, -0.05) is 30.4 Å². The van der Waals surface area contributed by atoms with Crippen molar-refractivity contribution in [2.45, 2.75) is 31.6 Å². The molecule has 3 aromatic carbocycles. The molecule has 8 heteroatoms. The van der Waals surface area contributed by atoms with Gasteiger partial charge < -0.3 is 10.2 Å². The minimum absolute atomic E-state index is 0.00653. The number of allylic oxidation sites excluding steroid dienone is 1. The second-order valence-corrected chi connectivity index (χ2v) is 8.36. The quantitative estimate of drug-likeness (QED) is 0.380. The maximum atomic E-state index is 14.6. The van der Waals surface area contributed by atoms with E-state index in [2.05, 4.69) is 0 Å². The minimum Gasteiger partial charge on any atom is -0.505 e. The summed E-state index contributed by atoms with van der Waals surface area (Å²) in [6, 6.07) is 6.69. The van der Waals surface area contributed by atoms with E-state index in [9.17, 15) is 36.6 Å². The van der Waals surface area contributed by atoms with Crippen molar-refractivity contribution in [3.8, 4) is 22.6 Å². The monoisotopic (exact) mass is 478 g/mol. The van der Waals surface area contributed by atoms with Crippen molar-refractivity contribution >= 4 is 6.08 Å². The van der Waals surface area contributed by atoms with E-state index in [1.165, 1.54) is 18.2 Å². The first-order valence-corrected chi connectivity index (χ1v) is 10.7. The Labute approximate surface area is 191 Å². The van der Waals surface area contributed by atoms with E-state index in [0.29, 0.717) is 25.7 Å². The van der Waals surface area contributed by atoms with E-state index in [1.54, 1.807) is 6.08 Å². The lowest BCUT2D eigenvalue weighted by molar-refractivity contribution is 0.358. The standard InChI is InChI=1S/C26H20F6O2/c27-21-15(7-8-17(23(21)29)18-10-12-20(34)26(32)24(18)30)6-3-13-1-4-14(5-2-13)16-9-11-19(33)25(31)22(16)28/h3,6-14,33-34H,1-2,4-5H2/b6-3+. The Balaban J connectivity index is 1.48. The molecule has 0 atom stereocenters. The predicted molar refractivity (Wildman–Crippen MR) is 115 cm³/mol. The van der Waals surface area contributed by atoms with Gasteiger partial charge in [0.25, 0.3) is 0 Å². The van der Waals surface area contributed by atoms with Crippen molar-refractivity contribution in [2.75, 3.05) is 0 Å². The fourth-order valence-corrected chi connectivity index (χ4v) is 4.38. The highest BCUT2D eigenvalue weighted by Gasteiger charge is 2.26. The van der Waals surface area contributed by atoms with Gasteiger partial charge in [0, 0.05) is 16.7 Å². The topological polar surface area (TPSA) is 40.5 Å². The van der Waals surface area contributed by atoms with Crippen LogP contribution in [-0.4, -0.2) is 10.2 Å². The Morgan fingerprint density at radius 1 is 0.588 bits per heavy atom. The summed E-state index contributed by atoms with van der Waals surface area (Å²) < 4.78 is 84.7. The smallest absolute Gasteiger partial charge is 0.200 e. The van der Waals surface area contributed by atoms with Gasteiger partial charge in [-0.3, -0.25) is 0 Å². The largest absolute Gasteiger partial charge is 0.505 e. The molecule has 3 aromatic rings. The molecule has 1 aliphatic carbocycles. The fourth-order valence-electron chi connectivity index (χ4n) is 4.38. The number of phenols is 2. The van der Waals surface area contributed by atoms with Crippen LogP contribution in [0.4, 0.5) is 26.3 Å². The number of phenolic OH excluding ortho intramolecular Hbond substituents is 2. The Morgan fingerprint density at radius 2 is 1.12 bits per heavy atom. The molecule has 1 saturated carbocycles. The van der Waals surface area contributed by atoms with E-state index >= 15 is 0 Å². The number of benzene rings is 3. The molecule has 0 unspecified atom stereocenters. The van der Waals surface area contributed by atoms with Crippen molar-refractivity contribution in [1.82, 2.24) is 0 Å². The van der Waals surface area contributed by atoms with Gasteiger partial charge in [-0.2, -0.15) is 8.78 Å². The van der Waals surface area contributed by atoms with Crippen molar-refractivity contribution < 1.29 is 36.6 Å². The second-order valence-electron chi connectivity index (χ2n) is 8.36. The van der Waals surface area contributed by atoms with Gasteiger partial charge in [0.15, 0.2) is 34.8 Å². The lowest BCUT2D eigenvalue weighted by Crippen LogP contribution is -2.13. The van der Waals surface area contributed by atoms with Gasteiger partial charge in [0.1, 0.15) is 0 Å². The second kappa shape index (κ2) is 9.44. The summed E-state index contributed by atoms with van der Waals surface area (Å²) in [6.45, 7) is 0. The Kier molecular flexibility index (Phi) is 6.59. The highest BCUT2D eigenvalue weighted by molar-refractivity contribution is 5.68. The molecule has 1 fully saturated rings. The molecule has 0 aromatic heterocycles. The van der Waals surface area contributed by atoms with Gasteiger partial charge in [-0.15, -0.1) is 0 Å². The molecule has 0 aliphatic heterocycles. The lowest BCUT2D eigenvalue weighted by atomic mass is 9.78. The number of hydrogen-bond acceptors (Lipinski definition) is 2. The van der Waals surface area contributed by atoms with Crippen LogP contribution in [0.1, 0.15) is 42.7 Å². The zero-order valence-corrected chi connectivity index (χ0v) is 17.8. The average molecular weight is 478 g/mol. The first-order valence-electron chi connectivity index (χ1n) is 10.7. The molecule has 2 N–H and O–H groups in total. The van der Waals surface area contributed by atoms with Crippen LogP contribution in [0, 0.1) is 40.8 Å². The van der Waals surface area contributed by atoms with Gasteiger partial charge in [0.05, 0.1) is 0 Å². The van der Waals surface area contributed by atoms with Gasteiger partial charge in [-0.25, -0.2) is 17.6 Å². The summed E-state index contributed by atoms with van der Waals surface area (Å²) >= 11 is 0. The number of rotatable bonds is 4. The van der Waals surface area contributed by atoms with E-state index in [-0.39, 0.29) is 23.0 Å². The summed E-state index contributed by atoms with van der Waals surface area (Å²) in [5.41, 5.74) is -0.859. The molecule has 0 radical (unpaired) electrons. The first-order chi connectivity index (χ1) is 16.2. The molecule has 0 bridgehead atoms. The SMILES string of the molecule is Oc1ccc(-c2ccc(/C=C/C3CCC(c4ccc(O)c(F)c4F)CC3)c(F)c2F)c(F)c1F. The Bertz CT molecular complexity index is 1260. The third-order valence-corrected chi connectivity index (χ3v) is 6.32. The van der Waals surface area contributed by atoms with Gasteiger partial charge in [0.2, 0.25) is 11.6 Å². The van der Waals surface area contributed by atoms with E-state index < -0.39 is 57.5 Å². The van der Waals surface area contributed by atoms with E-state index in [1.807, 2.05) is 0 Å². The van der Waals surface area contributed by atoms with Crippen molar-refractivity contribution in [2.24, 2.45) is 5.92 Å². The molecule has 0 amide bonds. The minimum atomic E-state index is -1.55. The van der Waals surface area contributed by atoms with Crippen molar-refractivity contribution in [1.29, 1.82) is 0 Å². The van der Waals surface area contributed by atoms with E-state index in [0.717, 1.165) is 24.3 Å². The molecular weight excluding hydrogens is 458 g/mol. The lowest BCUT2D eigenvalue weighted by Gasteiger charge is -2.27. The summed E-state index contributed by atoms with van der Waals surface area (Å²) in [7, 11) is 0. The predicted octanol–water partition coefficient (Wildman–Crippen LogP) is 7.59. The summed E-state index contributed by atoms with van der Waals surface area (Å²) in [6.07, 6.45) is 5.45. The molecular formula is C26H20F6O2. The van der Waals surface area contributed by atoms with Crippen LogP contribution >= 0.6 is 0 Å². The highest BCUT2D eigenvalue weighted by Crippen LogP contribution is 2.39. The van der Waals surface area contributed by atoms with Crippen molar-refractivity contribution in [3.05, 3.63) is 88.5 Å². The fraction of sp³-hybridized carbons (Fsp3) is 0.231. The zero-order valence-electron chi connectivity index (χ0n) is 17.8. The van der Waals surface area contributed by atoms with Gasteiger partial charge >= 0.3 is 0 Å². The van der Waals surface area contributed by atoms with Crippen LogP contribution in [0.5, 0.6) is 11.5 Å². The zero-order chi connectivity index (χ0) is 24.6. The van der Waals surface area contributed by atoms with Crippen LogP contribution in [0.2, 0.25) is 0 Å². The Morgan fingerprint density at radius 3 is 1.76 bits per heavy atom. The van der Waals surface area contributed by atoms with Crippen molar-refractivity contribution in [3.63, 3.8) is 0 Å². The van der Waals surface area contributed by atoms with E-state index in [4.69, 9.17) is 0 Å². The molecule has 0 spiro atoms. The third-order valence-electron chi connectivity index (χ3n) is 6.32. The molecule has 34 heavy (non-hydrogen) atoms. The maximum absolute atomic E-state index is 14.6. The summed E-state index contributed by atoms with van der Waals surface area (Å²) in [5.74, 6) is -9.81. The highest BCUT2D eigenvalue weighted by atomic mass is 19.2. The van der Waals surface area contributed by atoms with Gasteiger partial charge in [-0.05, 0) is 61.3 Å². The summed E-state index contributed by atoms with van der Waals surface area (Å²) in [5, 5.41) is 18.5. The molecule has 0 saturated heterocycles. The van der Waals surface area contributed by atoms with Crippen LogP contribution < -0.4 is 0 Å². The Hall–Kier alpha value is -3.42. The average Bonchev–Trinajstić information content (AvgIpc) is 2.83. The van der Waals surface area contributed by atoms with Crippen LogP contribution in [0.15, 0.2) is 42.5 Å².